The lowest BCUT2D eigenvalue weighted by atomic mass is 9.85. The summed E-state index contributed by atoms with van der Waals surface area (Å²) < 4.78 is 0. The van der Waals surface area contributed by atoms with Gasteiger partial charge < -0.3 is 15.7 Å². The molecule has 0 aromatic rings. The topological polar surface area (TPSA) is 66.6 Å². The van der Waals surface area contributed by atoms with Crippen LogP contribution in [0.1, 0.15) is 25.7 Å². The molecule has 3 unspecified atom stereocenters. The van der Waals surface area contributed by atoms with Crippen molar-refractivity contribution in [3.05, 3.63) is 0 Å². The maximum Gasteiger partial charge on any atom is 0.241 e. The van der Waals surface area contributed by atoms with Crippen molar-refractivity contribution in [3.63, 3.8) is 0 Å². The minimum atomic E-state index is -0.282. The molecule has 4 nitrogen and oxygen atoms in total. The number of carbonyl (C=O) groups excluding carboxylic acids is 1. The molecular formula is C10H18N2O2. The highest BCUT2D eigenvalue weighted by Crippen LogP contribution is 2.26. The molecule has 4 heteroatoms. The zero-order chi connectivity index (χ0) is 10.1. The molecule has 0 radical (unpaired) electrons. The zero-order valence-corrected chi connectivity index (χ0v) is 8.35. The highest BCUT2D eigenvalue weighted by molar-refractivity contribution is 5.87. The summed E-state index contributed by atoms with van der Waals surface area (Å²) in [7, 11) is 0. The molecule has 0 aromatic heterocycles. The van der Waals surface area contributed by atoms with E-state index in [0.717, 1.165) is 19.3 Å². The third-order valence-electron chi connectivity index (χ3n) is 3.37. The number of carbonyl (C=O) groups is 1. The summed E-state index contributed by atoms with van der Waals surface area (Å²) in [4.78, 5) is 13.0. The number of aliphatic hydroxyl groups excluding tert-OH is 1. The van der Waals surface area contributed by atoms with E-state index >= 15 is 0 Å². The summed E-state index contributed by atoms with van der Waals surface area (Å²) >= 11 is 0. The lowest BCUT2D eigenvalue weighted by molar-refractivity contribution is -0.144. The van der Waals surface area contributed by atoms with Crippen LogP contribution in [0.5, 0.6) is 0 Å². The van der Waals surface area contributed by atoms with Crippen molar-refractivity contribution in [1.82, 2.24) is 4.90 Å². The fourth-order valence-corrected chi connectivity index (χ4v) is 2.38. The van der Waals surface area contributed by atoms with Crippen molar-refractivity contribution >= 4 is 5.91 Å². The number of likely N-dealkylation sites (tertiary alicyclic amines) is 1. The smallest absolute Gasteiger partial charge is 0.241 e. The second kappa shape index (κ2) is 3.87. The maximum absolute atomic E-state index is 11.3. The van der Waals surface area contributed by atoms with Crippen LogP contribution in [-0.2, 0) is 4.79 Å². The largest absolute Gasteiger partial charge is 0.393 e. The third kappa shape index (κ3) is 1.77. The van der Waals surface area contributed by atoms with Crippen molar-refractivity contribution in [2.24, 2.45) is 11.7 Å². The van der Waals surface area contributed by atoms with Crippen molar-refractivity contribution < 1.29 is 9.90 Å². The lowest BCUT2D eigenvalue weighted by Gasteiger charge is -2.40. The Morgan fingerprint density at radius 1 is 1.43 bits per heavy atom. The maximum atomic E-state index is 11.3. The molecule has 0 bridgehead atoms. The minimum absolute atomic E-state index is 0.0442. The molecule has 1 amide bonds. The highest BCUT2D eigenvalue weighted by Gasteiger charge is 2.36. The molecule has 3 N–H and O–H groups in total. The first kappa shape index (κ1) is 9.93. The number of aliphatic hydroxyl groups is 1. The molecule has 2 rings (SSSR count). The summed E-state index contributed by atoms with van der Waals surface area (Å²) in [6.07, 6.45) is 4.01. The molecule has 1 saturated heterocycles. The average Bonchev–Trinajstić information content (AvgIpc) is 2.20. The van der Waals surface area contributed by atoms with Crippen LogP contribution < -0.4 is 5.73 Å². The Hall–Kier alpha value is -0.610. The van der Waals surface area contributed by atoms with Crippen molar-refractivity contribution in [3.8, 4) is 0 Å². The minimum Gasteiger partial charge on any atom is -0.393 e. The van der Waals surface area contributed by atoms with E-state index in [1.165, 1.54) is 6.42 Å². The van der Waals surface area contributed by atoms with Gasteiger partial charge in [0.05, 0.1) is 6.10 Å². The van der Waals surface area contributed by atoms with Gasteiger partial charge in [-0.15, -0.1) is 0 Å². The van der Waals surface area contributed by atoms with Crippen LogP contribution >= 0.6 is 0 Å². The molecule has 3 atom stereocenters. The van der Waals surface area contributed by atoms with Crippen LogP contribution in [0.25, 0.3) is 0 Å². The quantitative estimate of drug-likeness (QED) is 0.599. The summed E-state index contributed by atoms with van der Waals surface area (Å²) in [6, 6.07) is -0.282. The molecular weight excluding hydrogens is 180 g/mol. The first-order valence-corrected chi connectivity index (χ1v) is 5.41. The van der Waals surface area contributed by atoms with Gasteiger partial charge >= 0.3 is 0 Å². The number of rotatable bonds is 2. The molecule has 14 heavy (non-hydrogen) atoms. The number of nitrogens with zero attached hydrogens (tertiary/aromatic N) is 1. The van der Waals surface area contributed by atoms with Gasteiger partial charge in [0.15, 0.2) is 0 Å². The normalized spacial score (nSPS) is 38.3. The van der Waals surface area contributed by atoms with E-state index in [4.69, 9.17) is 5.73 Å². The van der Waals surface area contributed by atoms with E-state index in [0.29, 0.717) is 13.1 Å². The first-order chi connectivity index (χ1) is 6.68. The van der Waals surface area contributed by atoms with Crippen LogP contribution in [0.15, 0.2) is 0 Å². The Kier molecular flexibility index (Phi) is 2.74. The monoisotopic (exact) mass is 198 g/mol. The second-order valence-corrected chi connectivity index (χ2v) is 4.46. The van der Waals surface area contributed by atoms with Gasteiger partial charge in [0.2, 0.25) is 5.91 Å². The summed E-state index contributed by atoms with van der Waals surface area (Å²) in [5, 5.41) is 9.72. The average molecular weight is 198 g/mol. The van der Waals surface area contributed by atoms with Gasteiger partial charge in [0.1, 0.15) is 6.04 Å². The number of β-lactam (4-membered cyclic amide) rings is 1. The Labute approximate surface area is 84.1 Å². The molecule has 0 spiro atoms. The lowest BCUT2D eigenvalue weighted by Crippen LogP contribution is -2.62. The molecule has 1 saturated carbocycles. The van der Waals surface area contributed by atoms with Gasteiger partial charge in [-0.05, 0) is 12.8 Å². The van der Waals surface area contributed by atoms with Crippen LogP contribution in [-0.4, -0.2) is 41.1 Å². The van der Waals surface area contributed by atoms with E-state index in [2.05, 4.69) is 0 Å². The van der Waals surface area contributed by atoms with Crippen LogP contribution in [0.4, 0.5) is 0 Å². The van der Waals surface area contributed by atoms with Crippen LogP contribution in [0.2, 0.25) is 0 Å². The summed E-state index contributed by atoms with van der Waals surface area (Å²) in [5.41, 5.74) is 5.50. The van der Waals surface area contributed by atoms with Gasteiger partial charge in [-0.25, -0.2) is 0 Å². The van der Waals surface area contributed by atoms with Gasteiger partial charge in [-0.2, -0.15) is 0 Å². The van der Waals surface area contributed by atoms with E-state index in [1.807, 2.05) is 0 Å². The van der Waals surface area contributed by atoms with Crippen molar-refractivity contribution in [2.75, 3.05) is 13.1 Å². The SMILES string of the molecule is NC1CN(CC2CCCCC2O)C1=O. The first-order valence-electron chi connectivity index (χ1n) is 5.41. The van der Waals surface area contributed by atoms with Gasteiger partial charge in [0, 0.05) is 19.0 Å². The predicted molar refractivity (Wildman–Crippen MR) is 52.5 cm³/mol. The molecule has 1 heterocycles. The van der Waals surface area contributed by atoms with E-state index < -0.39 is 0 Å². The number of amides is 1. The predicted octanol–water partition coefficient (Wildman–Crippen LogP) is -0.293. The second-order valence-electron chi connectivity index (χ2n) is 4.46. The Bertz CT molecular complexity index is 232. The molecule has 0 aromatic carbocycles. The molecule has 2 aliphatic rings. The van der Waals surface area contributed by atoms with Gasteiger partial charge in [0.25, 0.3) is 0 Å². The highest BCUT2D eigenvalue weighted by atomic mass is 16.3. The molecule has 80 valence electrons. The Balaban J connectivity index is 1.82. The summed E-state index contributed by atoms with van der Waals surface area (Å²) in [6.45, 7) is 1.37. The Morgan fingerprint density at radius 2 is 2.14 bits per heavy atom. The van der Waals surface area contributed by atoms with Gasteiger partial charge in [-0.1, -0.05) is 12.8 Å². The third-order valence-corrected chi connectivity index (χ3v) is 3.37. The van der Waals surface area contributed by atoms with E-state index in [9.17, 15) is 9.90 Å². The number of hydrogen-bond donors (Lipinski definition) is 2. The molecule has 1 aliphatic heterocycles. The van der Waals surface area contributed by atoms with E-state index in [1.54, 1.807) is 4.90 Å². The van der Waals surface area contributed by atoms with E-state index in [-0.39, 0.29) is 24.0 Å². The summed E-state index contributed by atoms with van der Waals surface area (Å²) in [5.74, 6) is 0.322. The van der Waals surface area contributed by atoms with Crippen molar-refractivity contribution in [1.29, 1.82) is 0 Å². The molecule has 2 fully saturated rings. The Morgan fingerprint density at radius 3 is 2.71 bits per heavy atom. The fourth-order valence-electron chi connectivity index (χ4n) is 2.38. The number of nitrogens with two attached hydrogens (primary N) is 1. The van der Waals surface area contributed by atoms with Crippen LogP contribution in [0, 0.1) is 5.92 Å². The fraction of sp³-hybridized carbons (Fsp3) is 0.900. The zero-order valence-electron chi connectivity index (χ0n) is 8.35. The standard InChI is InChI=1S/C10H18N2O2/c11-8-6-12(10(8)14)5-7-3-1-2-4-9(7)13/h7-9,13H,1-6,11H2. The van der Waals surface area contributed by atoms with Crippen LogP contribution in [0.3, 0.4) is 0 Å². The van der Waals surface area contributed by atoms with Gasteiger partial charge in [-0.3, -0.25) is 4.79 Å². The molecule has 1 aliphatic carbocycles. The number of hydrogen-bond acceptors (Lipinski definition) is 3. The van der Waals surface area contributed by atoms with Crippen molar-refractivity contribution in [2.45, 2.75) is 37.8 Å².